The summed E-state index contributed by atoms with van der Waals surface area (Å²) >= 11 is 0. The van der Waals surface area contributed by atoms with Crippen molar-refractivity contribution in [1.29, 1.82) is 5.26 Å². The molecule has 1 heterocycles. The lowest BCUT2D eigenvalue weighted by Crippen LogP contribution is -2.61. The minimum atomic E-state index is -0.515. The molecule has 0 amide bonds. The third kappa shape index (κ3) is 1.48. The highest BCUT2D eigenvalue weighted by Crippen LogP contribution is 2.65. The lowest BCUT2D eigenvalue weighted by molar-refractivity contribution is -0.384. The number of hydrogen-bond donors (Lipinski definition) is 2. The van der Waals surface area contributed by atoms with E-state index < -0.39 is 17.1 Å². The molecule has 0 spiro atoms. The van der Waals surface area contributed by atoms with E-state index in [1.807, 2.05) is 4.90 Å². The van der Waals surface area contributed by atoms with Crippen LogP contribution in [0, 0.1) is 45.1 Å². The van der Waals surface area contributed by atoms with Crippen molar-refractivity contribution in [3.63, 3.8) is 0 Å². The predicted octanol–water partition coefficient (Wildman–Crippen LogP) is 1.03. The molecule has 3 aliphatic carbocycles. The zero-order valence-electron chi connectivity index (χ0n) is 12.8. The van der Waals surface area contributed by atoms with Crippen molar-refractivity contribution >= 4 is 11.4 Å². The SMILES string of the molecule is N#Cc1cc([N+](=O)[O-])ccc1N1[C@H]2[C@@H](O)[C@@H]3C[C@H]2[C@H]2[C@H](O)[C@@H]1C[C@H]32. The van der Waals surface area contributed by atoms with Crippen LogP contribution in [0.25, 0.3) is 0 Å². The summed E-state index contributed by atoms with van der Waals surface area (Å²) in [5, 5.41) is 41.9. The molecule has 8 atom stereocenters. The highest BCUT2D eigenvalue weighted by atomic mass is 16.6. The number of nitriles is 1. The molecule has 1 aromatic rings. The number of nitro groups is 1. The van der Waals surface area contributed by atoms with Gasteiger partial charge in [-0.05, 0) is 42.6 Å². The van der Waals surface area contributed by atoms with Gasteiger partial charge in [0.15, 0.2) is 0 Å². The molecule has 24 heavy (non-hydrogen) atoms. The lowest BCUT2D eigenvalue weighted by atomic mass is 9.74. The minimum Gasteiger partial charge on any atom is -0.391 e. The Kier molecular flexibility index (Phi) is 2.64. The highest BCUT2D eigenvalue weighted by Gasteiger charge is 2.70. The van der Waals surface area contributed by atoms with Gasteiger partial charge in [-0.15, -0.1) is 0 Å². The third-order valence-electron chi connectivity index (χ3n) is 6.88. The summed E-state index contributed by atoms with van der Waals surface area (Å²) in [6.07, 6.45) is 0.851. The Bertz CT molecular complexity index is 791. The number of hydrogen-bond acceptors (Lipinski definition) is 6. The van der Waals surface area contributed by atoms with Crippen LogP contribution >= 0.6 is 0 Å². The normalized spacial score (nSPS) is 44.1. The number of benzene rings is 1. The smallest absolute Gasteiger partial charge is 0.270 e. The van der Waals surface area contributed by atoms with Crippen LogP contribution in [0.3, 0.4) is 0 Å². The Morgan fingerprint density at radius 1 is 1.21 bits per heavy atom. The molecular weight excluding hydrogens is 310 g/mol. The van der Waals surface area contributed by atoms with Crippen LogP contribution < -0.4 is 4.90 Å². The first-order chi connectivity index (χ1) is 11.5. The fraction of sp³-hybridized carbons (Fsp3) is 0.588. The van der Waals surface area contributed by atoms with Crippen molar-refractivity contribution in [3.8, 4) is 6.07 Å². The van der Waals surface area contributed by atoms with E-state index in [1.165, 1.54) is 12.1 Å². The summed E-state index contributed by atoms with van der Waals surface area (Å²) in [5.74, 6) is 1.09. The van der Waals surface area contributed by atoms with E-state index in [0.29, 0.717) is 11.6 Å². The van der Waals surface area contributed by atoms with E-state index in [0.717, 1.165) is 12.8 Å². The fourth-order valence-electron chi connectivity index (χ4n) is 6.19. The number of rotatable bonds is 2. The van der Waals surface area contributed by atoms with Crippen LogP contribution in [-0.2, 0) is 0 Å². The molecule has 4 bridgehead atoms. The second-order valence-electron chi connectivity index (χ2n) is 7.56. The summed E-state index contributed by atoms with van der Waals surface area (Å²) in [6.45, 7) is 0. The molecular formula is C17H17N3O4. The molecule has 1 aliphatic heterocycles. The average molecular weight is 327 g/mol. The number of aliphatic hydroxyl groups excluding tert-OH is 2. The zero-order chi connectivity index (χ0) is 16.7. The van der Waals surface area contributed by atoms with Gasteiger partial charge >= 0.3 is 0 Å². The van der Waals surface area contributed by atoms with Gasteiger partial charge in [0.2, 0.25) is 0 Å². The van der Waals surface area contributed by atoms with Gasteiger partial charge in [-0.1, -0.05) is 0 Å². The molecule has 0 aromatic heterocycles. The lowest BCUT2D eigenvalue weighted by Gasteiger charge is -2.49. The molecule has 0 radical (unpaired) electrons. The van der Waals surface area contributed by atoms with Crippen LogP contribution in [0.1, 0.15) is 18.4 Å². The van der Waals surface area contributed by atoms with E-state index in [4.69, 9.17) is 0 Å². The molecule has 4 fully saturated rings. The van der Waals surface area contributed by atoms with Gasteiger partial charge in [0.25, 0.3) is 5.69 Å². The van der Waals surface area contributed by atoms with Gasteiger partial charge in [-0.3, -0.25) is 10.1 Å². The number of aliphatic hydroxyl groups is 2. The van der Waals surface area contributed by atoms with Crippen molar-refractivity contribution in [3.05, 3.63) is 33.9 Å². The first-order valence-electron chi connectivity index (χ1n) is 8.36. The molecule has 4 aliphatic rings. The number of anilines is 1. The number of nitro benzene ring substituents is 1. The summed E-state index contributed by atoms with van der Waals surface area (Å²) in [6, 6.07) is 6.12. The Labute approximate surface area is 138 Å². The van der Waals surface area contributed by atoms with Crippen LogP contribution in [0.5, 0.6) is 0 Å². The van der Waals surface area contributed by atoms with Crippen LogP contribution in [0.2, 0.25) is 0 Å². The Morgan fingerprint density at radius 3 is 2.71 bits per heavy atom. The minimum absolute atomic E-state index is 0.0966. The Balaban J connectivity index is 1.65. The zero-order valence-corrected chi connectivity index (χ0v) is 12.8. The largest absolute Gasteiger partial charge is 0.391 e. The molecule has 1 aromatic carbocycles. The third-order valence-corrected chi connectivity index (χ3v) is 6.88. The molecule has 124 valence electrons. The van der Waals surface area contributed by atoms with Crippen molar-refractivity contribution in [1.82, 2.24) is 0 Å². The second-order valence-corrected chi connectivity index (χ2v) is 7.56. The quantitative estimate of drug-likeness (QED) is 0.620. The highest BCUT2D eigenvalue weighted by molar-refractivity contribution is 5.65. The van der Waals surface area contributed by atoms with Gasteiger partial charge < -0.3 is 15.1 Å². The predicted molar refractivity (Wildman–Crippen MR) is 83.1 cm³/mol. The molecule has 7 nitrogen and oxygen atoms in total. The maximum atomic E-state index is 11.0. The Hall–Kier alpha value is -2.17. The molecule has 5 rings (SSSR count). The van der Waals surface area contributed by atoms with E-state index in [-0.39, 0.29) is 41.1 Å². The molecule has 7 heteroatoms. The van der Waals surface area contributed by atoms with E-state index >= 15 is 0 Å². The second kappa shape index (κ2) is 4.47. The van der Waals surface area contributed by atoms with Crippen LogP contribution in [-0.4, -0.2) is 39.4 Å². The van der Waals surface area contributed by atoms with Crippen molar-refractivity contribution in [2.24, 2.45) is 23.7 Å². The van der Waals surface area contributed by atoms with Crippen molar-refractivity contribution < 1.29 is 15.1 Å². The molecule has 3 saturated carbocycles. The monoisotopic (exact) mass is 327 g/mol. The number of fused-ring (bicyclic) bond motifs is 3. The molecule has 2 N–H and O–H groups in total. The first kappa shape index (κ1) is 14.2. The van der Waals surface area contributed by atoms with Gasteiger partial charge in [0, 0.05) is 12.1 Å². The molecule has 0 unspecified atom stereocenters. The fourth-order valence-corrected chi connectivity index (χ4v) is 6.19. The first-order valence-corrected chi connectivity index (χ1v) is 8.36. The average Bonchev–Trinajstić information content (AvgIpc) is 3.14. The summed E-state index contributed by atoms with van der Waals surface area (Å²) in [5.41, 5.74) is 0.712. The maximum Gasteiger partial charge on any atom is 0.270 e. The van der Waals surface area contributed by atoms with Gasteiger partial charge in [-0.25, -0.2) is 0 Å². The number of non-ortho nitro benzene ring substituents is 1. The summed E-state index contributed by atoms with van der Waals surface area (Å²) < 4.78 is 0. The van der Waals surface area contributed by atoms with E-state index in [9.17, 15) is 25.6 Å². The van der Waals surface area contributed by atoms with Gasteiger partial charge in [0.1, 0.15) is 6.07 Å². The van der Waals surface area contributed by atoms with E-state index in [2.05, 4.69) is 6.07 Å². The van der Waals surface area contributed by atoms with Gasteiger partial charge in [0.05, 0.1) is 40.5 Å². The Morgan fingerprint density at radius 2 is 2.00 bits per heavy atom. The number of piperidine rings is 1. The van der Waals surface area contributed by atoms with E-state index in [1.54, 1.807) is 6.07 Å². The topological polar surface area (TPSA) is 111 Å². The number of nitrogens with zero attached hydrogens (tertiary/aromatic N) is 3. The van der Waals surface area contributed by atoms with Gasteiger partial charge in [-0.2, -0.15) is 5.26 Å². The standard InChI is InChI=1S/C17H17N3O4/c18-6-7-3-8(20(23)24)1-2-12(7)19-13-5-9-10-4-11(14(9)17(13)22)15(19)16(10)21/h1-3,9-11,13-17,21-22H,4-5H2/t9-,10-,11+,13+,14+,15-,16+,17-/m1/s1. The van der Waals surface area contributed by atoms with Crippen molar-refractivity contribution in [2.75, 3.05) is 4.90 Å². The van der Waals surface area contributed by atoms with Crippen molar-refractivity contribution in [2.45, 2.75) is 37.1 Å². The summed E-state index contributed by atoms with van der Waals surface area (Å²) in [4.78, 5) is 12.5. The summed E-state index contributed by atoms with van der Waals surface area (Å²) in [7, 11) is 0. The maximum absolute atomic E-state index is 11.0. The van der Waals surface area contributed by atoms with Crippen LogP contribution in [0.15, 0.2) is 18.2 Å². The molecule has 1 saturated heterocycles. The van der Waals surface area contributed by atoms with Crippen LogP contribution in [0.4, 0.5) is 11.4 Å².